The number of rotatable bonds is 2. The molecule has 0 unspecified atom stereocenters. The van der Waals surface area contributed by atoms with Crippen LogP contribution in [0.2, 0.25) is 0 Å². The lowest BCUT2D eigenvalue weighted by Gasteiger charge is -2.21. The molecule has 17 heavy (non-hydrogen) atoms. The van der Waals surface area contributed by atoms with E-state index in [0.717, 1.165) is 6.07 Å². The van der Waals surface area contributed by atoms with Crippen LogP contribution in [-0.2, 0) is 6.18 Å². The van der Waals surface area contributed by atoms with Gasteiger partial charge in [-0.2, -0.15) is 18.2 Å². The molecule has 4 nitrogen and oxygen atoms in total. The van der Waals surface area contributed by atoms with E-state index in [1.807, 2.05) is 20.8 Å². The summed E-state index contributed by atoms with van der Waals surface area (Å²) in [6.07, 6.45) is -4.48. The number of aromatic nitrogens is 2. The lowest BCUT2D eigenvalue weighted by atomic mass is 10.1. The summed E-state index contributed by atoms with van der Waals surface area (Å²) >= 11 is 0. The Morgan fingerprint density at radius 3 is 2.12 bits per heavy atom. The molecule has 0 atom stereocenters. The number of nitrogens with zero attached hydrogens (tertiary/aromatic N) is 2. The molecular weight excluding hydrogens is 233 g/mol. The third-order valence-corrected chi connectivity index (χ3v) is 1.76. The quantitative estimate of drug-likeness (QED) is 0.845. The van der Waals surface area contributed by atoms with Gasteiger partial charge in [-0.3, -0.25) is 0 Å². The monoisotopic (exact) mass is 248 g/mol. The normalized spacial score (nSPS) is 12.4. The number of hydrogen-bond acceptors (Lipinski definition) is 4. The first kappa shape index (κ1) is 13.5. The fourth-order valence-corrected chi connectivity index (χ4v) is 1.11. The number of nitrogens with one attached hydrogen (secondary N) is 2. The van der Waals surface area contributed by atoms with Crippen molar-refractivity contribution in [3.63, 3.8) is 0 Å². The Hall–Kier alpha value is -1.53. The third-order valence-electron chi connectivity index (χ3n) is 1.76. The van der Waals surface area contributed by atoms with Gasteiger partial charge in [0, 0.05) is 18.7 Å². The predicted octanol–water partition coefficient (Wildman–Crippen LogP) is 2.75. The van der Waals surface area contributed by atoms with Gasteiger partial charge in [-0.25, -0.2) is 4.98 Å². The molecule has 0 saturated heterocycles. The summed E-state index contributed by atoms with van der Waals surface area (Å²) in [4.78, 5) is 7.37. The Balaban J connectivity index is 3.15. The Kier molecular flexibility index (Phi) is 3.49. The molecular formula is C10H15F3N4. The lowest BCUT2D eigenvalue weighted by Crippen LogP contribution is -2.28. The Morgan fingerprint density at radius 1 is 1.12 bits per heavy atom. The van der Waals surface area contributed by atoms with Crippen molar-refractivity contribution in [2.45, 2.75) is 32.5 Å². The Bertz CT molecular complexity index is 396. The highest BCUT2D eigenvalue weighted by molar-refractivity contribution is 5.43. The molecule has 0 saturated carbocycles. The van der Waals surface area contributed by atoms with E-state index in [0.29, 0.717) is 0 Å². The molecule has 1 heterocycles. The third kappa shape index (κ3) is 4.08. The maximum Gasteiger partial charge on any atom is 0.433 e. The molecule has 0 amide bonds. The van der Waals surface area contributed by atoms with Crippen LogP contribution in [0, 0.1) is 0 Å². The smallest absolute Gasteiger partial charge is 0.373 e. The fraction of sp³-hybridized carbons (Fsp3) is 0.600. The van der Waals surface area contributed by atoms with Crippen LogP contribution in [0.1, 0.15) is 26.5 Å². The first-order valence-corrected chi connectivity index (χ1v) is 5.04. The highest BCUT2D eigenvalue weighted by Gasteiger charge is 2.34. The average Bonchev–Trinajstić information content (AvgIpc) is 2.13. The first-order chi connectivity index (χ1) is 7.62. The summed E-state index contributed by atoms with van der Waals surface area (Å²) in [6.45, 7) is 5.45. The van der Waals surface area contributed by atoms with E-state index in [1.54, 1.807) is 0 Å². The van der Waals surface area contributed by atoms with Crippen LogP contribution in [-0.4, -0.2) is 22.6 Å². The molecule has 1 rings (SSSR count). The van der Waals surface area contributed by atoms with Crippen molar-refractivity contribution in [3.8, 4) is 0 Å². The van der Waals surface area contributed by atoms with E-state index in [2.05, 4.69) is 20.6 Å². The molecule has 0 bridgehead atoms. The minimum absolute atomic E-state index is 0.0447. The van der Waals surface area contributed by atoms with Crippen molar-refractivity contribution < 1.29 is 13.2 Å². The molecule has 0 spiro atoms. The molecule has 1 aromatic heterocycles. The second-order valence-corrected chi connectivity index (χ2v) is 4.58. The fourth-order valence-electron chi connectivity index (χ4n) is 1.11. The zero-order valence-electron chi connectivity index (χ0n) is 10.1. The topological polar surface area (TPSA) is 49.8 Å². The van der Waals surface area contributed by atoms with Crippen LogP contribution >= 0.6 is 0 Å². The average molecular weight is 248 g/mol. The van der Waals surface area contributed by atoms with Crippen LogP contribution in [0.3, 0.4) is 0 Å². The van der Waals surface area contributed by atoms with Crippen LogP contribution in [0.25, 0.3) is 0 Å². The second-order valence-electron chi connectivity index (χ2n) is 4.58. The summed E-state index contributed by atoms with van der Waals surface area (Å²) in [7, 11) is 1.50. The predicted molar refractivity (Wildman–Crippen MR) is 60.0 cm³/mol. The van der Waals surface area contributed by atoms with E-state index >= 15 is 0 Å². The van der Waals surface area contributed by atoms with E-state index in [9.17, 15) is 13.2 Å². The van der Waals surface area contributed by atoms with E-state index in [1.165, 1.54) is 7.05 Å². The largest absolute Gasteiger partial charge is 0.433 e. The van der Waals surface area contributed by atoms with Crippen molar-refractivity contribution in [2.75, 3.05) is 17.7 Å². The maximum atomic E-state index is 12.6. The van der Waals surface area contributed by atoms with Crippen LogP contribution in [0.15, 0.2) is 6.07 Å². The molecule has 0 radical (unpaired) electrons. The zero-order valence-corrected chi connectivity index (χ0v) is 10.1. The van der Waals surface area contributed by atoms with Gasteiger partial charge in [0.15, 0.2) is 5.69 Å². The molecule has 7 heteroatoms. The summed E-state index contributed by atoms with van der Waals surface area (Å²) < 4.78 is 37.7. The second kappa shape index (κ2) is 4.38. The first-order valence-electron chi connectivity index (χ1n) is 5.04. The molecule has 2 N–H and O–H groups in total. The van der Waals surface area contributed by atoms with Crippen molar-refractivity contribution >= 4 is 11.8 Å². The SMILES string of the molecule is CNc1cc(C(F)(F)F)nc(NC(C)(C)C)n1. The van der Waals surface area contributed by atoms with Crippen molar-refractivity contribution in [1.29, 1.82) is 0 Å². The van der Waals surface area contributed by atoms with Gasteiger partial charge in [-0.15, -0.1) is 0 Å². The number of halogens is 3. The van der Waals surface area contributed by atoms with Gasteiger partial charge >= 0.3 is 6.18 Å². The van der Waals surface area contributed by atoms with E-state index in [-0.39, 0.29) is 11.8 Å². The minimum atomic E-state index is -4.48. The van der Waals surface area contributed by atoms with Gasteiger partial charge in [-0.05, 0) is 20.8 Å². The maximum absolute atomic E-state index is 12.6. The molecule has 1 aromatic rings. The lowest BCUT2D eigenvalue weighted by molar-refractivity contribution is -0.141. The minimum Gasteiger partial charge on any atom is -0.373 e. The molecule has 96 valence electrons. The Labute approximate surface area is 97.7 Å². The molecule has 0 aliphatic rings. The van der Waals surface area contributed by atoms with Crippen LogP contribution < -0.4 is 10.6 Å². The standard InChI is InChI=1S/C10H15F3N4/c1-9(2,3)17-8-15-6(10(11,12)13)5-7(14-4)16-8/h5H,1-4H3,(H2,14,15,16,17). The van der Waals surface area contributed by atoms with Gasteiger partial charge in [-0.1, -0.05) is 0 Å². The zero-order chi connectivity index (χ0) is 13.3. The highest BCUT2D eigenvalue weighted by Crippen LogP contribution is 2.29. The molecule has 0 aliphatic heterocycles. The summed E-state index contributed by atoms with van der Waals surface area (Å²) in [5.41, 5.74) is -1.38. The van der Waals surface area contributed by atoms with Gasteiger partial charge in [0.2, 0.25) is 5.95 Å². The molecule has 0 aromatic carbocycles. The van der Waals surface area contributed by atoms with Crippen LogP contribution in [0.5, 0.6) is 0 Å². The molecule has 0 aliphatic carbocycles. The number of anilines is 2. The highest BCUT2D eigenvalue weighted by atomic mass is 19.4. The van der Waals surface area contributed by atoms with Crippen molar-refractivity contribution in [1.82, 2.24) is 9.97 Å². The summed E-state index contributed by atoms with van der Waals surface area (Å²) in [6, 6.07) is 0.869. The van der Waals surface area contributed by atoms with E-state index in [4.69, 9.17) is 0 Å². The van der Waals surface area contributed by atoms with Gasteiger partial charge in [0.05, 0.1) is 0 Å². The van der Waals surface area contributed by atoms with Crippen molar-refractivity contribution in [3.05, 3.63) is 11.8 Å². The van der Waals surface area contributed by atoms with Crippen molar-refractivity contribution in [2.24, 2.45) is 0 Å². The van der Waals surface area contributed by atoms with Gasteiger partial charge in [0.1, 0.15) is 5.82 Å². The van der Waals surface area contributed by atoms with E-state index < -0.39 is 17.4 Å². The summed E-state index contributed by atoms with van der Waals surface area (Å²) in [5.74, 6) is 0.0794. The molecule has 0 fully saturated rings. The van der Waals surface area contributed by atoms with Crippen LogP contribution in [0.4, 0.5) is 24.9 Å². The number of hydrogen-bond donors (Lipinski definition) is 2. The number of alkyl halides is 3. The van der Waals surface area contributed by atoms with Gasteiger partial charge in [0.25, 0.3) is 0 Å². The van der Waals surface area contributed by atoms with Gasteiger partial charge < -0.3 is 10.6 Å². The Morgan fingerprint density at radius 2 is 1.71 bits per heavy atom. The summed E-state index contributed by atoms with van der Waals surface area (Å²) in [5, 5.41) is 5.38.